The summed E-state index contributed by atoms with van der Waals surface area (Å²) < 4.78 is 10.5. The maximum Gasteiger partial charge on any atom is 0.119 e. The van der Waals surface area contributed by atoms with Gasteiger partial charge in [0.05, 0.1) is 13.2 Å². The minimum atomic E-state index is 0.244. The number of hydrogen-bond acceptors (Lipinski definition) is 3. The highest BCUT2D eigenvalue weighted by molar-refractivity contribution is 5.36. The van der Waals surface area contributed by atoms with E-state index in [0.717, 1.165) is 12.2 Å². The van der Waals surface area contributed by atoms with E-state index in [1.165, 1.54) is 11.1 Å². The molecule has 1 aromatic rings. The Hall–Kier alpha value is -1.06. The average Bonchev–Trinajstić information content (AvgIpc) is 2.35. The molecule has 3 nitrogen and oxygen atoms in total. The smallest absolute Gasteiger partial charge is 0.119 e. The molecule has 0 saturated carbocycles. The first-order chi connectivity index (χ1) is 8.12. The number of ether oxygens (including phenoxy) is 2. The van der Waals surface area contributed by atoms with Gasteiger partial charge in [-0.15, -0.1) is 0 Å². The van der Waals surface area contributed by atoms with E-state index in [4.69, 9.17) is 9.47 Å². The van der Waals surface area contributed by atoms with Crippen LogP contribution in [-0.2, 0) is 4.74 Å². The van der Waals surface area contributed by atoms with Crippen molar-refractivity contribution < 1.29 is 9.47 Å². The first-order valence-corrected chi connectivity index (χ1v) is 5.97. The predicted octanol–water partition coefficient (Wildman–Crippen LogP) is 2.69. The Morgan fingerprint density at radius 3 is 2.47 bits per heavy atom. The Labute approximate surface area is 104 Å². The Balaban J connectivity index is 2.88. The number of nitrogens with one attached hydrogen (secondary N) is 1. The molecule has 17 heavy (non-hydrogen) atoms. The molecule has 2 atom stereocenters. The SMILES string of the molecule is CNC(CC(C)OC)c1ccc(OC)cc1C. The quantitative estimate of drug-likeness (QED) is 0.825. The molecular formula is C14H23NO2. The van der Waals surface area contributed by atoms with Crippen LogP contribution in [0.1, 0.15) is 30.5 Å². The van der Waals surface area contributed by atoms with E-state index in [2.05, 4.69) is 31.3 Å². The van der Waals surface area contributed by atoms with Crippen LogP contribution >= 0.6 is 0 Å². The molecule has 0 radical (unpaired) electrons. The molecule has 0 aliphatic heterocycles. The molecule has 0 amide bonds. The molecule has 0 aliphatic carbocycles. The highest BCUT2D eigenvalue weighted by Crippen LogP contribution is 2.25. The fraction of sp³-hybridized carbons (Fsp3) is 0.571. The van der Waals surface area contributed by atoms with Gasteiger partial charge >= 0.3 is 0 Å². The summed E-state index contributed by atoms with van der Waals surface area (Å²) in [6, 6.07) is 6.51. The van der Waals surface area contributed by atoms with Crippen LogP contribution in [0.2, 0.25) is 0 Å². The van der Waals surface area contributed by atoms with Crippen molar-refractivity contribution in [2.75, 3.05) is 21.3 Å². The molecule has 0 aliphatic rings. The van der Waals surface area contributed by atoms with Crippen LogP contribution in [0.4, 0.5) is 0 Å². The topological polar surface area (TPSA) is 30.5 Å². The molecule has 1 rings (SSSR count). The largest absolute Gasteiger partial charge is 0.497 e. The van der Waals surface area contributed by atoms with Crippen LogP contribution in [-0.4, -0.2) is 27.4 Å². The second-order valence-electron chi connectivity index (χ2n) is 4.35. The summed E-state index contributed by atoms with van der Waals surface area (Å²) >= 11 is 0. The standard InChI is InChI=1S/C14H23NO2/c1-10-8-12(17-5)6-7-13(10)14(15-3)9-11(2)16-4/h6-8,11,14-15H,9H2,1-5H3. The molecule has 3 heteroatoms. The van der Waals surface area contributed by atoms with Crippen LogP contribution in [0.25, 0.3) is 0 Å². The number of hydrogen-bond donors (Lipinski definition) is 1. The fourth-order valence-corrected chi connectivity index (χ4v) is 1.99. The summed E-state index contributed by atoms with van der Waals surface area (Å²) in [6.07, 6.45) is 1.20. The minimum Gasteiger partial charge on any atom is -0.497 e. The van der Waals surface area contributed by atoms with E-state index in [-0.39, 0.29) is 6.10 Å². The molecule has 0 spiro atoms. The van der Waals surface area contributed by atoms with Gasteiger partial charge in [-0.25, -0.2) is 0 Å². The lowest BCUT2D eigenvalue weighted by atomic mass is 9.97. The Morgan fingerprint density at radius 2 is 2.00 bits per heavy atom. The first-order valence-electron chi connectivity index (χ1n) is 5.97. The van der Waals surface area contributed by atoms with Gasteiger partial charge in [0, 0.05) is 13.2 Å². The van der Waals surface area contributed by atoms with Crippen molar-refractivity contribution in [1.82, 2.24) is 5.32 Å². The Morgan fingerprint density at radius 1 is 1.29 bits per heavy atom. The first kappa shape index (κ1) is 14.0. The molecule has 1 N–H and O–H groups in total. The summed E-state index contributed by atoms with van der Waals surface area (Å²) in [7, 11) is 5.42. The zero-order valence-electron chi connectivity index (χ0n) is 11.4. The highest BCUT2D eigenvalue weighted by atomic mass is 16.5. The molecule has 0 saturated heterocycles. The maximum atomic E-state index is 5.32. The van der Waals surface area contributed by atoms with Crippen molar-refractivity contribution in [1.29, 1.82) is 0 Å². The monoisotopic (exact) mass is 237 g/mol. The van der Waals surface area contributed by atoms with Gasteiger partial charge in [-0.2, -0.15) is 0 Å². The highest BCUT2D eigenvalue weighted by Gasteiger charge is 2.15. The van der Waals surface area contributed by atoms with Crippen LogP contribution in [0.5, 0.6) is 5.75 Å². The third-order valence-corrected chi connectivity index (χ3v) is 3.17. The van der Waals surface area contributed by atoms with E-state index in [9.17, 15) is 0 Å². The number of benzene rings is 1. The fourth-order valence-electron chi connectivity index (χ4n) is 1.99. The lowest BCUT2D eigenvalue weighted by molar-refractivity contribution is 0.101. The zero-order chi connectivity index (χ0) is 12.8. The van der Waals surface area contributed by atoms with Gasteiger partial charge in [0.15, 0.2) is 0 Å². The van der Waals surface area contributed by atoms with Gasteiger partial charge in [0.1, 0.15) is 5.75 Å². The summed E-state index contributed by atoms with van der Waals surface area (Å²) in [6.45, 7) is 4.20. The van der Waals surface area contributed by atoms with Crippen LogP contribution in [0.15, 0.2) is 18.2 Å². The van der Waals surface area contributed by atoms with Crippen LogP contribution in [0, 0.1) is 6.92 Å². The van der Waals surface area contributed by atoms with E-state index in [0.29, 0.717) is 6.04 Å². The van der Waals surface area contributed by atoms with Crippen LogP contribution < -0.4 is 10.1 Å². The summed E-state index contributed by atoms with van der Waals surface area (Å²) in [4.78, 5) is 0. The van der Waals surface area contributed by atoms with Gasteiger partial charge in [-0.1, -0.05) is 6.07 Å². The second kappa shape index (κ2) is 6.62. The van der Waals surface area contributed by atoms with E-state index >= 15 is 0 Å². The molecule has 0 bridgehead atoms. The van der Waals surface area contributed by atoms with E-state index < -0.39 is 0 Å². The Kier molecular flexibility index (Phi) is 5.45. The van der Waals surface area contributed by atoms with E-state index in [1.54, 1.807) is 14.2 Å². The lowest BCUT2D eigenvalue weighted by Gasteiger charge is -2.22. The van der Waals surface area contributed by atoms with Crippen molar-refractivity contribution in [2.24, 2.45) is 0 Å². The summed E-state index contributed by atoms with van der Waals surface area (Å²) in [5.41, 5.74) is 2.55. The summed E-state index contributed by atoms with van der Waals surface area (Å²) in [5, 5.41) is 3.34. The molecule has 0 aromatic heterocycles. The predicted molar refractivity (Wildman–Crippen MR) is 70.6 cm³/mol. The number of rotatable bonds is 6. The third-order valence-electron chi connectivity index (χ3n) is 3.17. The lowest BCUT2D eigenvalue weighted by Crippen LogP contribution is -2.22. The van der Waals surface area contributed by atoms with Crippen LogP contribution in [0.3, 0.4) is 0 Å². The molecule has 96 valence electrons. The van der Waals surface area contributed by atoms with Crippen molar-refractivity contribution in [2.45, 2.75) is 32.4 Å². The molecule has 0 heterocycles. The normalized spacial score (nSPS) is 14.4. The molecule has 1 aromatic carbocycles. The maximum absolute atomic E-state index is 5.32. The number of methoxy groups -OCH3 is 2. The summed E-state index contributed by atoms with van der Waals surface area (Å²) in [5.74, 6) is 0.904. The minimum absolute atomic E-state index is 0.244. The third kappa shape index (κ3) is 3.72. The molecular weight excluding hydrogens is 214 g/mol. The van der Waals surface area contributed by atoms with Gasteiger partial charge in [0.25, 0.3) is 0 Å². The van der Waals surface area contributed by atoms with Crippen molar-refractivity contribution in [3.63, 3.8) is 0 Å². The van der Waals surface area contributed by atoms with Crippen molar-refractivity contribution in [3.8, 4) is 5.75 Å². The van der Waals surface area contributed by atoms with Gasteiger partial charge in [0.2, 0.25) is 0 Å². The second-order valence-corrected chi connectivity index (χ2v) is 4.35. The molecule has 0 fully saturated rings. The van der Waals surface area contributed by atoms with Gasteiger partial charge < -0.3 is 14.8 Å². The average molecular weight is 237 g/mol. The van der Waals surface area contributed by atoms with E-state index in [1.807, 2.05) is 13.1 Å². The Bertz CT molecular complexity index is 352. The van der Waals surface area contributed by atoms with Gasteiger partial charge in [-0.3, -0.25) is 0 Å². The zero-order valence-corrected chi connectivity index (χ0v) is 11.4. The van der Waals surface area contributed by atoms with Gasteiger partial charge in [-0.05, 0) is 50.6 Å². The van der Waals surface area contributed by atoms with Crippen molar-refractivity contribution in [3.05, 3.63) is 29.3 Å². The number of aryl methyl sites for hydroxylation is 1. The van der Waals surface area contributed by atoms with Crippen molar-refractivity contribution >= 4 is 0 Å². The molecule has 2 unspecified atom stereocenters.